The van der Waals surface area contributed by atoms with E-state index in [1.165, 1.54) is 12.1 Å². The number of nitriles is 1. The van der Waals surface area contributed by atoms with E-state index in [0.717, 1.165) is 12.1 Å². The van der Waals surface area contributed by atoms with Crippen LogP contribution in [-0.4, -0.2) is 13.4 Å². The van der Waals surface area contributed by atoms with Crippen molar-refractivity contribution in [1.29, 1.82) is 5.26 Å². The molecule has 2 aromatic rings. The summed E-state index contributed by atoms with van der Waals surface area (Å²) in [6, 6.07) is 6.55. The second-order valence-electron chi connectivity index (χ2n) is 3.21. The lowest BCUT2D eigenvalue weighted by molar-refractivity contribution is 0.462. The first-order valence-corrected chi connectivity index (χ1v) is 6.84. The Kier molecular flexibility index (Phi) is 3.07. The summed E-state index contributed by atoms with van der Waals surface area (Å²) in [4.78, 5) is 3.68. The Hall–Kier alpha value is -1.91. The van der Waals surface area contributed by atoms with Gasteiger partial charge in [0.25, 0.3) is 14.1 Å². The second kappa shape index (κ2) is 4.40. The van der Waals surface area contributed by atoms with Crippen molar-refractivity contribution in [2.24, 2.45) is 0 Å². The summed E-state index contributed by atoms with van der Waals surface area (Å²) in [6.07, 6.45) is 0. The maximum absolute atomic E-state index is 12.7. The number of aromatic nitrogens is 1. The fourth-order valence-corrected chi connectivity index (χ4v) is 2.07. The van der Waals surface area contributed by atoms with Crippen molar-refractivity contribution in [2.75, 3.05) is 0 Å². The molecule has 0 saturated heterocycles. The Morgan fingerprint density at radius 2 is 1.94 bits per heavy atom. The summed E-state index contributed by atoms with van der Waals surface area (Å²) in [7, 11) is 0.901. The molecule has 1 heterocycles. The van der Waals surface area contributed by atoms with Crippen LogP contribution in [0.4, 0.5) is 4.39 Å². The molecule has 0 aliphatic carbocycles. The lowest BCUT2D eigenvalue weighted by Gasteiger charge is -1.93. The van der Waals surface area contributed by atoms with E-state index in [9.17, 15) is 12.8 Å². The molecule has 0 amide bonds. The van der Waals surface area contributed by atoms with Gasteiger partial charge >= 0.3 is 0 Å². The van der Waals surface area contributed by atoms with Gasteiger partial charge in [0.15, 0.2) is 5.69 Å². The van der Waals surface area contributed by atoms with Gasteiger partial charge in [0.05, 0.1) is 0 Å². The predicted molar refractivity (Wildman–Crippen MR) is 59.7 cm³/mol. The molecule has 2 rings (SSSR count). The topological polar surface area (TPSA) is 84.0 Å². The van der Waals surface area contributed by atoms with Crippen molar-refractivity contribution in [2.45, 2.75) is 5.09 Å². The van der Waals surface area contributed by atoms with Crippen LogP contribution in [0.25, 0.3) is 11.5 Å². The van der Waals surface area contributed by atoms with Crippen molar-refractivity contribution in [1.82, 2.24) is 4.98 Å². The van der Waals surface area contributed by atoms with Crippen molar-refractivity contribution in [3.63, 3.8) is 0 Å². The van der Waals surface area contributed by atoms with Gasteiger partial charge in [0, 0.05) is 16.2 Å². The van der Waals surface area contributed by atoms with E-state index in [1.807, 2.05) is 0 Å². The van der Waals surface area contributed by atoms with Crippen LogP contribution < -0.4 is 0 Å². The molecule has 1 aromatic heterocycles. The zero-order valence-electron chi connectivity index (χ0n) is 8.59. The van der Waals surface area contributed by atoms with Crippen LogP contribution in [0.15, 0.2) is 33.8 Å². The third-order valence-electron chi connectivity index (χ3n) is 2.01. The molecule has 0 spiro atoms. The van der Waals surface area contributed by atoms with Gasteiger partial charge in [0.2, 0.25) is 5.89 Å². The first-order valence-electron chi connectivity index (χ1n) is 4.53. The molecule has 0 saturated carbocycles. The van der Waals surface area contributed by atoms with E-state index in [0.29, 0.717) is 5.56 Å². The fourth-order valence-electron chi connectivity index (χ4n) is 1.26. The Labute approximate surface area is 106 Å². The van der Waals surface area contributed by atoms with Crippen molar-refractivity contribution in [3.8, 4) is 17.5 Å². The molecular weight excluding hydrogens is 283 g/mol. The molecule has 18 heavy (non-hydrogen) atoms. The predicted octanol–water partition coefficient (Wildman–Crippen LogP) is 2.28. The van der Waals surface area contributed by atoms with E-state index in [4.69, 9.17) is 20.4 Å². The van der Waals surface area contributed by atoms with Crippen LogP contribution in [0, 0.1) is 17.1 Å². The number of nitrogens with zero attached hydrogens (tertiary/aromatic N) is 2. The van der Waals surface area contributed by atoms with Gasteiger partial charge in [0.1, 0.15) is 11.9 Å². The molecule has 0 aliphatic heterocycles. The second-order valence-corrected chi connectivity index (χ2v) is 5.68. The molecular formula is C10H4ClFN2O3S. The van der Waals surface area contributed by atoms with Crippen LogP contribution in [0.2, 0.25) is 0 Å². The minimum Gasteiger partial charge on any atom is -0.422 e. The summed E-state index contributed by atoms with van der Waals surface area (Å²) in [5, 5.41) is 8.01. The Bertz CT molecular complexity index is 731. The van der Waals surface area contributed by atoms with Gasteiger partial charge < -0.3 is 4.42 Å². The highest BCUT2D eigenvalue weighted by Gasteiger charge is 2.24. The molecule has 0 radical (unpaired) electrons. The van der Waals surface area contributed by atoms with E-state index in [2.05, 4.69) is 4.98 Å². The quantitative estimate of drug-likeness (QED) is 0.791. The Morgan fingerprint density at radius 3 is 2.39 bits per heavy atom. The van der Waals surface area contributed by atoms with Crippen LogP contribution in [0.3, 0.4) is 0 Å². The molecule has 0 fully saturated rings. The van der Waals surface area contributed by atoms with Gasteiger partial charge in [-0.15, -0.1) is 0 Å². The lowest BCUT2D eigenvalue weighted by Crippen LogP contribution is -1.90. The summed E-state index contributed by atoms with van der Waals surface area (Å²) in [5.41, 5.74) is -0.108. The number of rotatable bonds is 2. The van der Waals surface area contributed by atoms with Crippen LogP contribution in [-0.2, 0) is 9.05 Å². The zero-order valence-corrected chi connectivity index (χ0v) is 10.2. The Morgan fingerprint density at radius 1 is 1.33 bits per heavy atom. The highest BCUT2D eigenvalue weighted by Crippen LogP contribution is 2.26. The zero-order chi connectivity index (χ0) is 13.3. The minimum absolute atomic E-state index is 0.120. The molecule has 8 heteroatoms. The monoisotopic (exact) mass is 286 g/mol. The number of hydrogen-bond acceptors (Lipinski definition) is 5. The third-order valence-corrected chi connectivity index (χ3v) is 3.15. The van der Waals surface area contributed by atoms with Gasteiger partial charge in [-0.1, -0.05) is 0 Å². The summed E-state index contributed by atoms with van der Waals surface area (Å²) in [5.74, 6) is -0.582. The van der Waals surface area contributed by atoms with Crippen LogP contribution >= 0.6 is 10.7 Å². The van der Waals surface area contributed by atoms with E-state index in [1.54, 1.807) is 6.07 Å². The maximum Gasteiger partial charge on any atom is 0.297 e. The number of hydrogen-bond donors (Lipinski definition) is 0. The standard InChI is InChI=1S/C10H4ClFN2O3S/c11-18(15,16)10-8(5-13)14-9(17-10)6-1-3-7(12)4-2-6/h1-4H. The molecule has 0 bridgehead atoms. The number of halogens is 2. The highest BCUT2D eigenvalue weighted by molar-refractivity contribution is 8.13. The summed E-state index contributed by atoms with van der Waals surface area (Å²) >= 11 is 0. The largest absolute Gasteiger partial charge is 0.422 e. The lowest BCUT2D eigenvalue weighted by atomic mass is 10.2. The van der Waals surface area contributed by atoms with E-state index < -0.39 is 25.7 Å². The molecule has 0 N–H and O–H groups in total. The molecule has 0 atom stereocenters. The normalized spacial score (nSPS) is 11.2. The smallest absolute Gasteiger partial charge is 0.297 e. The maximum atomic E-state index is 12.7. The Balaban J connectivity index is 2.59. The van der Waals surface area contributed by atoms with Crippen molar-refractivity contribution >= 4 is 19.7 Å². The third kappa shape index (κ3) is 2.34. The van der Waals surface area contributed by atoms with Gasteiger partial charge in [-0.2, -0.15) is 10.2 Å². The minimum atomic E-state index is -4.19. The molecule has 92 valence electrons. The molecule has 1 aromatic carbocycles. The van der Waals surface area contributed by atoms with E-state index >= 15 is 0 Å². The highest BCUT2D eigenvalue weighted by atomic mass is 35.7. The first-order chi connectivity index (χ1) is 8.41. The fraction of sp³-hybridized carbons (Fsp3) is 0. The summed E-state index contributed by atoms with van der Waals surface area (Å²) in [6.45, 7) is 0. The first kappa shape index (κ1) is 12.5. The SMILES string of the molecule is N#Cc1nc(-c2ccc(F)cc2)oc1S(=O)(=O)Cl. The van der Waals surface area contributed by atoms with Gasteiger partial charge in [-0.3, -0.25) is 0 Å². The van der Waals surface area contributed by atoms with Crippen molar-refractivity contribution in [3.05, 3.63) is 35.8 Å². The summed E-state index contributed by atoms with van der Waals surface area (Å²) < 4.78 is 39.9. The average molecular weight is 287 g/mol. The number of benzene rings is 1. The van der Waals surface area contributed by atoms with Crippen LogP contribution in [0.5, 0.6) is 0 Å². The van der Waals surface area contributed by atoms with Crippen LogP contribution in [0.1, 0.15) is 5.69 Å². The van der Waals surface area contributed by atoms with E-state index in [-0.39, 0.29) is 5.89 Å². The average Bonchev–Trinajstić information content (AvgIpc) is 2.73. The van der Waals surface area contributed by atoms with Crippen molar-refractivity contribution < 1.29 is 17.2 Å². The van der Waals surface area contributed by atoms with Gasteiger partial charge in [-0.05, 0) is 24.3 Å². The molecule has 0 unspecified atom stereocenters. The molecule has 0 aliphatic rings. The molecule has 5 nitrogen and oxygen atoms in total. The van der Waals surface area contributed by atoms with Gasteiger partial charge in [-0.25, -0.2) is 12.8 Å². The number of oxazole rings is 1.